The second-order valence-electron chi connectivity index (χ2n) is 4.68. The average molecular weight is 294 g/mol. The standard InChI is InChI=1S/C11H22N2O5S/c1-10(14)11(17-3,18-4)9-19(15,16)13-7-5-12(2)6-8-13/h5-9H2,1-4H3. The first kappa shape index (κ1) is 16.5. The molecule has 0 radical (unpaired) electrons. The van der Waals surface area contributed by atoms with Gasteiger partial charge in [0, 0.05) is 47.3 Å². The molecule has 0 aromatic carbocycles. The highest BCUT2D eigenvalue weighted by Crippen LogP contribution is 2.19. The summed E-state index contributed by atoms with van der Waals surface area (Å²) in [6, 6.07) is 0. The summed E-state index contributed by atoms with van der Waals surface area (Å²) in [6.07, 6.45) is 0. The number of hydrogen-bond donors (Lipinski definition) is 0. The lowest BCUT2D eigenvalue weighted by Crippen LogP contribution is -2.54. The summed E-state index contributed by atoms with van der Waals surface area (Å²) in [5.74, 6) is -2.68. The Morgan fingerprint density at radius 1 is 1.16 bits per heavy atom. The van der Waals surface area contributed by atoms with Crippen LogP contribution in [-0.4, -0.2) is 82.4 Å². The molecular formula is C11H22N2O5S. The summed E-state index contributed by atoms with van der Waals surface area (Å²) in [4.78, 5) is 13.7. The van der Waals surface area contributed by atoms with E-state index in [0.717, 1.165) is 0 Å². The second-order valence-corrected chi connectivity index (χ2v) is 6.64. The predicted octanol–water partition coefficient (Wildman–Crippen LogP) is -0.858. The van der Waals surface area contributed by atoms with E-state index in [1.807, 2.05) is 7.05 Å². The summed E-state index contributed by atoms with van der Waals surface area (Å²) in [5, 5.41) is 0. The molecule has 8 heteroatoms. The number of nitrogens with zero attached hydrogens (tertiary/aromatic N) is 2. The topological polar surface area (TPSA) is 76.2 Å². The first-order valence-electron chi connectivity index (χ1n) is 6.05. The molecule has 1 aliphatic rings. The molecule has 1 rings (SSSR count). The van der Waals surface area contributed by atoms with Gasteiger partial charge in [-0.1, -0.05) is 0 Å². The van der Waals surface area contributed by atoms with Gasteiger partial charge < -0.3 is 14.4 Å². The Kier molecular flexibility index (Phi) is 5.45. The minimum atomic E-state index is -3.60. The van der Waals surface area contributed by atoms with Gasteiger partial charge in [0.25, 0.3) is 0 Å². The van der Waals surface area contributed by atoms with Crippen LogP contribution in [0.3, 0.4) is 0 Å². The van der Waals surface area contributed by atoms with Crippen LogP contribution in [0.25, 0.3) is 0 Å². The number of likely N-dealkylation sites (N-methyl/N-ethyl adjacent to an activating group) is 1. The van der Waals surface area contributed by atoms with Crippen molar-refractivity contribution in [2.45, 2.75) is 12.7 Å². The Labute approximate surface area is 114 Å². The summed E-state index contributed by atoms with van der Waals surface area (Å²) in [5.41, 5.74) is 0. The van der Waals surface area contributed by atoms with Crippen LogP contribution in [0.4, 0.5) is 0 Å². The van der Waals surface area contributed by atoms with Gasteiger partial charge in [-0.25, -0.2) is 8.42 Å². The van der Waals surface area contributed by atoms with Crippen molar-refractivity contribution in [3.8, 4) is 0 Å². The van der Waals surface area contributed by atoms with Crippen molar-refractivity contribution >= 4 is 15.8 Å². The Hall–Kier alpha value is -0.540. The average Bonchev–Trinajstić information content (AvgIpc) is 2.36. The molecule has 112 valence electrons. The van der Waals surface area contributed by atoms with E-state index in [9.17, 15) is 13.2 Å². The van der Waals surface area contributed by atoms with E-state index in [1.54, 1.807) is 0 Å². The van der Waals surface area contributed by atoms with Crippen molar-refractivity contribution < 1.29 is 22.7 Å². The first-order valence-corrected chi connectivity index (χ1v) is 7.66. The minimum absolute atomic E-state index is 0.417. The van der Waals surface area contributed by atoms with Gasteiger partial charge in [0.05, 0.1) is 0 Å². The van der Waals surface area contributed by atoms with E-state index >= 15 is 0 Å². The van der Waals surface area contributed by atoms with E-state index in [4.69, 9.17) is 9.47 Å². The van der Waals surface area contributed by atoms with Crippen LogP contribution in [0.15, 0.2) is 0 Å². The molecule has 0 unspecified atom stereocenters. The van der Waals surface area contributed by atoms with Gasteiger partial charge in [-0.05, 0) is 7.05 Å². The summed E-state index contributed by atoms with van der Waals surface area (Å²) >= 11 is 0. The molecule has 0 amide bonds. The maximum Gasteiger partial charge on any atom is 0.243 e. The van der Waals surface area contributed by atoms with Crippen LogP contribution in [0.1, 0.15) is 6.92 Å². The van der Waals surface area contributed by atoms with Crippen molar-refractivity contribution in [3.63, 3.8) is 0 Å². The number of ketones is 1. The number of piperazine rings is 1. The van der Waals surface area contributed by atoms with Crippen molar-refractivity contribution in [1.82, 2.24) is 9.21 Å². The highest BCUT2D eigenvalue weighted by atomic mass is 32.2. The van der Waals surface area contributed by atoms with Gasteiger partial charge in [0.15, 0.2) is 5.78 Å². The maximum absolute atomic E-state index is 12.3. The van der Waals surface area contributed by atoms with Gasteiger partial charge in [-0.3, -0.25) is 4.79 Å². The van der Waals surface area contributed by atoms with Crippen LogP contribution in [-0.2, 0) is 24.3 Å². The van der Waals surface area contributed by atoms with E-state index in [1.165, 1.54) is 25.4 Å². The van der Waals surface area contributed by atoms with Gasteiger partial charge in [-0.2, -0.15) is 4.31 Å². The molecule has 0 saturated carbocycles. The van der Waals surface area contributed by atoms with Crippen LogP contribution in [0, 0.1) is 0 Å². The zero-order valence-corrected chi connectivity index (χ0v) is 12.7. The number of rotatable bonds is 6. The Balaban J connectivity index is 2.86. The van der Waals surface area contributed by atoms with Gasteiger partial charge >= 0.3 is 0 Å². The third-order valence-electron chi connectivity index (χ3n) is 3.42. The zero-order chi connectivity index (χ0) is 14.7. The molecule has 0 aromatic rings. The van der Waals surface area contributed by atoms with Crippen LogP contribution < -0.4 is 0 Å². The molecule has 19 heavy (non-hydrogen) atoms. The Morgan fingerprint density at radius 3 is 2.00 bits per heavy atom. The maximum atomic E-state index is 12.3. The number of methoxy groups -OCH3 is 2. The molecule has 0 aliphatic carbocycles. The van der Waals surface area contributed by atoms with Crippen LogP contribution in [0.5, 0.6) is 0 Å². The fourth-order valence-corrected chi connectivity index (χ4v) is 3.81. The molecule has 0 spiro atoms. The SMILES string of the molecule is COC(CS(=O)(=O)N1CCN(C)CC1)(OC)C(C)=O. The van der Waals surface area contributed by atoms with Crippen molar-refractivity contribution in [2.75, 3.05) is 53.2 Å². The monoisotopic (exact) mass is 294 g/mol. The van der Waals surface area contributed by atoms with Crippen molar-refractivity contribution in [2.24, 2.45) is 0 Å². The molecule has 1 fully saturated rings. The number of carbonyl (C=O) groups is 1. The smallest absolute Gasteiger partial charge is 0.243 e. The number of ether oxygens (including phenoxy) is 2. The fraction of sp³-hybridized carbons (Fsp3) is 0.909. The fourth-order valence-electron chi connectivity index (χ4n) is 1.99. The molecule has 7 nitrogen and oxygen atoms in total. The summed E-state index contributed by atoms with van der Waals surface area (Å²) in [6.45, 7) is 3.44. The number of sulfonamides is 1. The molecular weight excluding hydrogens is 272 g/mol. The van der Waals surface area contributed by atoms with E-state index in [2.05, 4.69) is 4.90 Å². The lowest BCUT2D eigenvalue weighted by atomic mass is 10.2. The summed E-state index contributed by atoms with van der Waals surface area (Å²) in [7, 11) is 0.877. The predicted molar refractivity (Wildman–Crippen MR) is 70.3 cm³/mol. The summed E-state index contributed by atoms with van der Waals surface area (Å²) < 4.78 is 36.0. The lowest BCUT2D eigenvalue weighted by Gasteiger charge is -2.34. The van der Waals surface area contributed by atoms with Crippen molar-refractivity contribution in [3.05, 3.63) is 0 Å². The third kappa shape index (κ3) is 3.73. The Morgan fingerprint density at radius 2 is 1.63 bits per heavy atom. The lowest BCUT2D eigenvalue weighted by molar-refractivity contribution is -0.195. The highest BCUT2D eigenvalue weighted by Gasteiger charge is 2.43. The number of carbonyl (C=O) groups excluding carboxylic acids is 1. The molecule has 0 atom stereocenters. The molecule has 0 aromatic heterocycles. The molecule has 0 N–H and O–H groups in total. The third-order valence-corrected chi connectivity index (χ3v) is 5.32. The molecule has 1 saturated heterocycles. The van der Waals surface area contributed by atoms with E-state index < -0.39 is 27.3 Å². The van der Waals surface area contributed by atoms with Gasteiger partial charge in [-0.15, -0.1) is 0 Å². The first-order chi connectivity index (χ1) is 8.77. The number of Topliss-reactive ketones (excluding diaryl/α,β-unsaturated/α-hetero) is 1. The zero-order valence-electron chi connectivity index (χ0n) is 11.9. The van der Waals surface area contributed by atoms with E-state index in [0.29, 0.717) is 26.2 Å². The van der Waals surface area contributed by atoms with Gasteiger partial charge in [0.2, 0.25) is 15.8 Å². The Bertz CT molecular complexity index is 411. The molecule has 0 bridgehead atoms. The quantitative estimate of drug-likeness (QED) is 0.594. The van der Waals surface area contributed by atoms with Crippen LogP contribution in [0.2, 0.25) is 0 Å². The normalized spacial score (nSPS) is 19.6. The largest absolute Gasteiger partial charge is 0.346 e. The minimum Gasteiger partial charge on any atom is -0.346 e. The van der Waals surface area contributed by atoms with E-state index in [-0.39, 0.29) is 0 Å². The van der Waals surface area contributed by atoms with Crippen LogP contribution >= 0.6 is 0 Å². The van der Waals surface area contributed by atoms with Gasteiger partial charge in [0.1, 0.15) is 5.75 Å². The molecule has 1 aliphatic heterocycles. The number of hydrogen-bond acceptors (Lipinski definition) is 6. The highest BCUT2D eigenvalue weighted by molar-refractivity contribution is 7.89. The molecule has 1 heterocycles. The second kappa shape index (κ2) is 6.27. The van der Waals surface area contributed by atoms with Crippen molar-refractivity contribution in [1.29, 1.82) is 0 Å².